The van der Waals surface area contributed by atoms with Crippen LogP contribution >= 0.6 is 15.9 Å². The monoisotopic (exact) mass is 574 g/mol. The lowest BCUT2D eigenvalue weighted by Gasteiger charge is -2.35. The van der Waals surface area contributed by atoms with Crippen LogP contribution in [0, 0.1) is 27.8 Å². The first-order chi connectivity index (χ1) is 17.9. The molecule has 2 fully saturated rings. The normalized spacial score (nSPS) is 23.0. The Bertz CT molecular complexity index is 1310. The number of rotatable bonds is 9. The van der Waals surface area contributed by atoms with E-state index < -0.39 is 11.4 Å². The maximum Gasteiger partial charge on any atom is 0.222 e. The van der Waals surface area contributed by atoms with Gasteiger partial charge in [0, 0.05) is 46.7 Å². The standard InChI is InChI=1S/C26H28BrFN4O5/c1-35-23-11-22-19(25(30-15-29-22)31-21-4-3-18(27)9-20(21)28)10-24(23)37-8-2-6-26(32(33)34)7-5-16-13-36-14-17(16)12-26/h3-4,9-11,15-17H,2,5-8,12-14H2,1H3,(H,29,30,31). The minimum Gasteiger partial charge on any atom is -0.493 e. The zero-order valence-corrected chi connectivity index (χ0v) is 22.0. The molecule has 2 aromatic carbocycles. The van der Waals surface area contributed by atoms with Crippen molar-refractivity contribution in [2.75, 3.05) is 32.2 Å². The molecule has 0 spiro atoms. The van der Waals surface area contributed by atoms with E-state index in [0.717, 1.165) is 13.0 Å². The molecule has 5 rings (SSSR count). The van der Waals surface area contributed by atoms with Crippen LogP contribution in [0.2, 0.25) is 0 Å². The van der Waals surface area contributed by atoms with E-state index in [2.05, 4.69) is 31.2 Å². The highest BCUT2D eigenvalue weighted by Crippen LogP contribution is 2.44. The molecule has 1 saturated carbocycles. The number of benzene rings is 2. The Labute approximate surface area is 222 Å². The molecular formula is C26H28BrFN4O5. The topological polar surface area (TPSA) is 109 Å². The molecule has 1 aromatic heterocycles. The molecule has 1 saturated heterocycles. The van der Waals surface area contributed by atoms with E-state index in [-0.39, 0.29) is 16.5 Å². The van der Waals surface area contributed by atoms with E-state index in [1.807, 2.05) is 0 Å². The van der Waals surface area contributed by atoms with Crippen LogP contribution in [-0.4, -0.2) is 47.4 Å². The minimum absolute atomic E-state index is 0.0886. The first kappa shape index (κ1) is 25.6. The first-order valence-corrected chi connectivity index (χ1v) is 13.1. The first-order valence-electron chi connectivity index (χ1n) is 12.3. The SMILES string of the molecule is COc1cc2ncnc(Nc3ccc(Br)cc3F)c2cc1OCCCC1([N+](=O)[O-])CCC2COCC2C1. The number of nitro groups is 1. The van der Waals surface area contributed by atoms with E-state index in [9.17, 15) is 14.5 Å². The predicted molar refractivity (Wildman–Crippen MR) is 140 cm³/mol. The Balaban J connectivity index is 1.31. The highest BCUT2D eigenvalue weighted by atomic mass is 79.9. The van der Waals surface area contributed by atoms with Crippen molar-refractivity contribution >= 4 is 38.3 Å². The molecule has 3 aromatic rings. The van der Waals surface area contributed by atoms with Crippen molar-refractivity contribution in [1.82, 2.24) is 9.97 Å². The molecule has 9 nitrogen and oxygen atoms in total. The summed E-state index contributed by atoms with van der Waals surface area (Å²) in [5.74, 6) is 1.65. The largest absolute Gasteiger partial charge is 0.493 e. The van der Waals surface area contributed by atoms with Gasteiger partial charge in [-0.3, -0.25) is 10.1 Å². The van der Waals surface area contributed by atoms with Gasteiger partial charge in [0.05, 0.1) is 31.5 Å². The smallest absolute Gasteiger partial charge is 0.222 e. The van der Waals surface area contributed by atoms with Gasteiger partial charge in [0.25, 0.3) is 0 Å². The second-order valence-corrected chi connectivity index (χ2v) is 10.6. The van der Waals surface area contributed by atoms with Crippen molar-refractivity contribution in [1.29, 1.82) is 0 Å². The maximum atomic E-state index is 14.4. The van der Waals surface area contributed by atoms with E-state index >= 15 is 0 Å². The van der Waals surface area contributed by atoms with Gasteiger partial charge < -0.3 is 19.5 Å². The number of hydrogen-bond donors (Lipinski definition) is 1. The summed E-state index contributed by atoms with van der Waals surface area (Å²) in [7, 11) is 1.54. The van der Waals surface area contributed by atoms with Crippen molar-refractivity contribution in [2.24, 2.45) is 11.8 Å². The molecule has 2 aliphatic rings. The van der Waals surface area contributed by atoms with E-state index in [1.54, 1.807) is 24.3 Å². The Morgan fingerprint density at radius 1 is 1.24 bits per heavy atom. The van der Waals surface area contributed by atoms with E-state index in [0.29, 0.717) is 77.5 Å². The summed E-state index contributed by atoms with van der Waals surface area (Å²) in [6.07, 6.45) is 4.33. The van der Waals surface area contributed by atoms with Gasteiger partial charge in [-0.1, -0.05) is 15.9 Å². The number of halogens is 2. The molecule has 0 amide bonds. The van der Waals surface area contributed by atoms with Gasteiger partial charge in [-0.15, -0.1) is 0 Å². The van der Waals surface area contributed by atoms with Crippen molar-refractivity contribution in [3.63, 3.8) is 0 Å². The Hall–Kier alpha value is -3.05. The summed E-state index contributed by atoms with van der Waals surface area (Å²) < 4.78 is 32.2. The molecule has 2 heterocycles. The number of anilines is 2. The summed E-state index contributed by atoms with van der Waals surface area (Å²) in [4.78, 5) is 20.6. The molecule has 1 N–H and O–H groups in total. The third-order valence-corrected chi connectivity index (χ3v) is 7.98. The number of nitrogens with one attached hydrogen (secondary N) is 1. The molecular weight excluding hydrogens is 547 g/mol. The van der Waals surface area contributed by atoms with Crippen LogP contribution in [0.3, 0.4) is 0 Å². The van der Waals surface area contributed by atoms with Gasteiger partial charge in [0.2, 0.25) is 5.54 Å². The van der Waals surface area contributed by atoms with Crippen LogP contribution in [0.4, 0.5) is 15.9 Å². The van der Waals surface area contributed by atoms with Crippen LogP contribution < -0.4 is 14.8 Å². The van der Waals surface area contributed by atoms with Crippen molar-refractivity contribution in [3.05, 3.63) is 57.1 Å². The molecule has 1 aliphatic carbocycles. The Morgan fingerprint density at radius 3 is 2.86 bits per heavy atom. The minimum atomic E-state index is -0.925. The van der Waals surface area contributed by atoms with Gasteiger partial charge in [0.15, 0.2) is 11.5 Å². The Kier molecular flexibility index (Phi) is 7.43. The number of fused-ring (bicyclic) bond motifs is 2. The van der Waals surface area contributed by atoms with Gasteiger partial charge >= 0.3 is 0 Å². The summed E-state index contributed by atoms with van der Waals surface area (Å²) >= 11 is 3.26. The van der Waals surface area contributed by atoms with E-state index in [1.165, 1.54) is 19.5 Å². The lowest BCUT2D eigenvalue weighted by molar-refractivity contribution is -0.578. The Morgan fingerprint density at radius 2 is 2.08 bits per heavy atom. The summed E-state index contributed by atoms with van der Waals surface area (Å²) in [5.41, 5.74) is -0.0539. The molecule has 37 heavy (non-hydrogen) atoms. The molecule has 0 radical (unpaired) electrons. The fraction of sp³-hybridized carbons (Fsp3) is 0.462. The van der Waals surface area contributed by atoms with Crippen LogP contribution in [-0.2, 0) is 4.74 Å². The number of ether oxygens (including phenoxy) is 3. The lowest BCUT2D eigenvalue weighted by Crippen LogP contribution is -2.45. The number of nitrogens with zero attached hydrogens (tertiary/aromatic N) is 3. The second kappa shape index (κ2) is 10.7. The van der Waals surface area contributed by atoms with Crippen molar-refractivity contribution in [2.45, 2.75) is 37.6 Å². The quantitative estimate of drug-likeness (QED) is 0.191. The number of aromatic nitrogens is 2. The van der Waals surface area contributed by atoms with Crippen LogP contribution in [0.1, 0.15) is 32.1 Å². The number of hydrogen-bond acceptors (Lipinski definition) is 8. The summed E-state index contributed by atoms with van der Waals surface area (Å²) in [6, 6.07) is 8.20. The average Bonchev–Trinajstić information content (AvgIpc) is 3.35. The lowest BCUT2D eigenvalue weighted by atomic mass is 9.70. The van der Waals surface area contributed by atoms with Gasteiger partial charge in [-0.05, 0) is 48.9 Å². The van der Waals surface area contributed by atoms with Crippen LogP contribution in [0.15, 0.2) is 41.1 Å². The van der Waals surface area contributed by atoms with Crippen molar-refractivity contribution < 1.29 is 23.5 Å². The number of methoxy groups -OCH3 is 1. The molecule has 3 atom stereocenters. The molecule has 3 unspecified atom stereocenters. The third kappa shape index (κ3) is 5.33. The molecule has 1 aliphatic heterocycles. The zero-order valence-electron chi connectivity index (χ0n) is 20.4. The second-order valence-electron chi connectivity index (χ2n) is 9.73. The summed E-state index contributed by atoms with van der Waals surface area (Å²) in [6.45, 7) is 1.63. The third-order valence-electron chi connectivity index (χ3n) is 7.49. The van der Waals surface area contributed by atoms with Gasteiger partial charge in [-0.25, -0.2) is 14.4 Å². The fourth-order valence-electron chi connectivity index (χ4n) is 5.45. The van der Waals surface area contributed by atoms with E-state index in [4.69, 9.17) is 14.2 Å². The van der Waals surface area contributed by atoms with Gasteiger partial charge in [-0.2, -0.15) is 0 Å². The van der Waals surface area contributed by atoms with Crippen molar-refractivity contribution in [3.8, 4) is 11.5 Å². The highest BCUT2D eigenvalue weighted by Gasteiger charge is 2.50. The van der Waals surface area contributed by atoms with Crippen LogP contribution in [0.5, 0.6) is 11.5 Å². The zero-order chi connectivity index (χ0) is 26.0. The molecule has 196 valence electrons. The summed E-state index contributed by atoms with van der Waals surface area (Å²) in [5, 5.41) is 15.7. The molecule has 11 heteroatoms. The fourth-order valence-corrected chi connectivity index (χ4v) is 5.79. The molecule has 0 bridgehead atoms. The maximum absolute atomic E-state index is 14.4. The average molecular weight is 575 g/mol. The van der Waals surface area contributed by atoms with Crippen LogP contribution in [0.25, 0.3) is 10.9 Å². The predicted octanol–water partition coefficient (Wildman–Crippen LogP) is 5.90. The van der Waals surface area contributed by atoms with Gasteiger partial charge in [0.1, 0.15) is 18.0 Å². The highest BCUT2D eigenvalue weighted by molar-refractivity contribution is 9.10.